The Balaban J connectivity index is 0.00000341. The van der Waals surface area contributed by atoms with E-state index in [1.165, 1.54) is 24.2 Å². The third kappa shape index (κ3) is 8.80. The first-order valence-corrected chi connectivity index (χ1v) is 11.0. The van der Waals surface area contributed by atoms with Crippen molar-refractivity contribution < 1.29 is 17.6 Å². The van der Waals surface area contributed by atoms with Gasteiger partial charge in [0, 0.05) is 19.6 Å². The van der Waals surface area contributed by atoms with Crippen molar-refractivity contribution in [3.63, 3.8) is 0 Å². The average Bonchev–Trinajstić information content (AvgIpc) is 3.38. The minimum atomic E-state index is -4.13. The van der Waals surface area contributed by atoms with Crippen LogP contribution >= 0.6 is 24.0 Å². The van der Waals surface area contributed by atoms with E-state index in [1.54, 1.807) is 6.26 Å². The summed E-state index contributed by atoms with van der Waals surface area (Å²) in [6.45, 7) is 6.16. The summed E-state index contributed by atoms with van der Waals surface area (Å²) in [7, 11) is 0. The van der Waals surface area contributed by atoms with Crippen LogP contribution < -0.4 is 10.6 Å². The van der Waals surface area contributed by atoms with E-state index < -0.39 is 12.7 Å². The zero-order valence-corrected chi connectivity index (χ0v) is 20.5. The molecule has 2 saturated heterocycles. The number of alkyl halides is 3. The number of nitrogens with one attached hydrogen (secondary N) is 2. The summed E-state index contributed by atoms with van der Waals surface area (Å²) in [4.78, 5) is 8.70. The summed E-state index contributed by atoms with van der Waals surface area (Å²) in [5, 5.41) is 6.59. The molecule has 0 radical (unpaired) electrons. The van der Waals surface area contributed by atoms with E-state index >= 15 is 0 Å². The molecular formula is C21H35F3IN5O. The van der Waals surface area contributed by atoms with Crippen molar-refractivity contribution in [2.75, 3.05) is 52.4 Å². The minimum Gasteiger partial charge on any atom is -0.468 e. The third-order valence-corrected chi connectivity index (χ3v) is 5.80. The Hall–Kier alpha value is -1.01. The molecule has 10 heteroatoms. The maximum atomic E-state index is 12.6. The monoisotopic (exact) mass is 557 g/mol. The van der Waals surface area contributed by atoms with Gasteiger partial charge < -0.3 is 15.1 Å². The lowest BCUT2D eigenvalue weighted by Gasteiger charge is -2.32. The molecule has 0 aliphatic carbocycles. The zero-order valence-electron chi connectivity index (χ0n) is 18.2. The number of rotatable bonds is 8. The molecule has 2 fully saturated rings. The lowest BCUT2D eigenvalue weighted by Crippen LogP contribution is -2.41. The number of aliphatic imine (C=N–C) groups is 1. The standard InChI is InChI=1S/C21H34F3N5O.HI/c1-2-25-20(26-13-17-8-11-28(15-17)16-21(22,23)24)27-14-18(19-7-6-12-30-19)29-9-4-3-5-10-29;/h6-7,12,17-18H,2-5,8-11,13-16H2,1H3,(H2,25,26,27);1H. The van der Waals surface area contributed by atoms with E-state index in [1.807, 2.05) is 19.1 Å². The van der Waals surface area contributed by atoms with Gasteiger partial charge in [0.25, 0.3) is 0 Å². The SMILES string of the molecule is CCNC(=NCC(c1ccco1)N1CCCCC1)NCC1CCN(CC(F)(F)F)C1.I. The van der Waals surface area contributed by atoms with E-state index in [4.69, 9.17) is 9.41 Å². The van der Waals surface area contributed by atoms with Crippen LogP contribution in [-0.4, -0.2) is 74.3 Å². The molecular weight excluding hydrogens is 522 g/mol. The molecule has 2 N–H and O–H groups in total. The Labute approximate surface area is 200 Å². The highest BCUT2D eigenvalue weighted by Crippen LogP contribution is 2.25. The molecule has 3 rings (SSSR count). The smallest absolute Gasteiger partial charge is 0.401 e. The summed E-state index contributed by atoms with van der Waals surface area (Å²) in [5.74, 6) is 1.83. The molecule has 0 saturated carbocycles. The summed E-state index contributed by atoms with van der Waals surface area (Å²) < 4.78 is 43.5. The van der Waals surface area contributed by atoms with Crippen LogP contribution in [0.3, 0.4) is 0 Å². The lowest BCUT2D eigenvalue weighted by atomic mass is 10.1. The van der Waals surface area contributed by atoms with Gasteiger partial charge in [-0.3, -0.25) is 14.8 Å². The van der Waals surface area contributed by atoms with Gasteiger partial charge in [0.1, 0.15) is 5.76 Å². The topological polar surface area (TPSA) is 56.0 Å². The minimum absolute atomic E-state index is 0. The maximum Gasteiger partial charge on any atom is 0.401 e. The van der Waals surface area contributed by atoms with E-state index in [0.29, 0.717) is 32.1 Å². The van der Waals surface area contributed by atoms with Gasteiger partial charge in [0.05, 0.1) is 25.4 Å². The van der Waals surface area contributed by atoms with E-state index in [-0.39, 0.29) is 35.9 Å². The average molecular weight is 557 g/mol. The quantitative estimate of drug-likeness (QED) is 0.289. The molecule has 2 unspecified atom stereocenters. The molecule has 1 aromatic rings. The second-order valence-corrected chi connectivity index (χ2v) is 8.23. The Morgan fingerprint density at radius 2 is 2.00 bits per heavy atom. The van der Waals surface area contributed by atoms with Crippen molar-refractivity contribution in [3.05, 3.63) is 24.2 Å². The first-order valence-electron chi connectivity index (χ1n) is 11.0. The van der Waals surface area contributed by atoms with Crippen LogP contribution in [0.25, 0.3) is 0 Å². The highest BCUT2D eigenvalue weighted by Gasteiger charge is 2.34. The first kappa shape index (κ1) is 26.2. The predicted octanol–water partition coefficient (Wildman–Crippen LogP) is 3.86. The Morgan fingerprint density at radius 3 is 2.65 bits per heavy atom. The van der Waals surface area contributed by atoms with Crippen LogP contribution in [0.4, 0.5) is 13.2 Å². The number of piperidine rings is 1. The van der Waals surface area contributed by atoms with Gasteiger partial charge >= 0.3 is 6.18 Å². The molecule has 2 aliphatic heterocycles. The zero-order chi connectivity index (χ0) is 21.4. The molecule has 0 aromatic carbocycles. The number of guanidine groups is 1. The van der Waals surface area contributed by atoms with Gasteiger partial charge in [0.15, 0.2) is 5.96 Å². The first-order chi connectivity index (χ1) is 14.4. The van der Waals surface area contributed by atoms with E-state index in [9.17, 15) is 13.2 Å². The molecule has 0 amide bonds. The Bertz CT molecular complexity index is 650. The van der Waals surface area contributed by atoms with Crippen LogP contribution in [0.1, 0.15) is 44.4 Å². The molecule has 3 heterocycles. The van der Waals surface area contributed by atoms with Crippen molar-refractivity contribution in [1.82, 2.24) is 20.4 Å². The van der Waals surface area contributed by atoms with Crippen molar-refractivity contribution in [3.8, 4) is 0 Å². The fraction of sp³-hybridized carbons (Fsp3) is 0.762. The third-order valence-electron chi connectivity index (χ3n) is 5.80. The van der Waals surface area contributed by atoms with Gasteiger partial charge in [-0.05, 0) is 63.9 Å². The number of halogens is 4. The van der Waals surface area contributed by atoms with E-state index in [2.05, 4.69) is 15.5 Å². The largest absolute Gasteiger partial charge is 0.468 e. The maximum absolute atomic E-state index is 12.6. The number of furan rings is 1. The molecule has 2 aliphatic rings. The van der Waals surface area contributed by atoms with Crippen LogP contribution in [-0.2, 0) is 0 Å². The molecule has 0 bridgehead atoms. The molecule has 1 aromatic heterocycles. The molecule has 2 atom stereocenters. The fourth-order valence-electron chi connectivity index (χ4n) is 4.33. The van der Waals surface area contributed by atoms with Gasteiger partial charge in [-0.25, -0.2) is 0 Å². The van der Waals surface area contributed by atoms with Crippen LogP contribution in [0.15, 0.2) is 27.8 Å². The summed E-state index contributed by atoms with van der Waals surface area (Å²) in [6, 6.07) is 4.01. The normalized spacial score (nSPS) is 22.2. The second-order valence-electron chi connectivity index (χ2n) is 8.23. The summed E-state index contributed by atoms with van der Waals surface area (Å²) in [6.07, 6.45) is 1.98. The highest BCUT2D eigenvalue weighted by atomic mass is 127. The highest BCUT2D eigenvalue weighted by molar-refractivity contribution is 14.0. The van der Waals surface area contributed by atoms with Gasteiger partial charge in [-0.1, -0.05) is 6.42 Å². The molecule has 31 heavy (non-hydrogen) atoms. The number of hydrogen-bond donors (Lipinski definition) is 2. The van der Waals surface area contributed by atoms with Crippen LogP contribution in [0.2, 0.25) is 0 Å². The number of likely N-dealkylation sites (tertiary alicyclic amines) is 2. The molecule has 178 valence electrons. The Kier molecular flexibility index (Phi) is 10.9. The predicted molar refractivity (Wildman–Crippen MR) is 127 cm³/mol. The number of hydrogen-bond acceptors (Lipinski definition) is 4. The molecule has 6 nitrogen and oxygen atoms in total. The van der Waals surface area contributed by atoms with Crippen molar-refractivity contribution in [1.29, 1.82) is 0 Å². The number of nitrogens with zero attached hydrogens (tertiary/aromatic N) is 3. The van der Waals surface area contributed by atoms with Crippen molar-refractivity contribution in [2.45, 2.75) is 44.8 Å². The van der Waals surface area contributed by atoms with Crippen LogP contribution in [0.5, 0.6) is 0 Å². The Morgan fingerprint density at radius 1 is 1.23 bits per heavy atom. The van der Waals surface area contributed by atoms with Gasteiger partial charge in [-0.2, -0.15) is 13.2 Å². The second kappa shape index (κ2) is 12.9. The summed E-state index contributed by atoms with van der Waals surface area (Å²) in [5.41, 5.74) is 0. The lowest BCUT2D eigenvalue weighted by molar-refractivity contribution is -0.143. The van der Waals surface area contributed by atoms with Gasteiger partial charge in [-0.15, -0.1) is 24.0 Å². The van der Waals surface area contributed by atoms with E-state index in [0.717, 1.165) is 31.8 Å². The van der Waals surface area contributed by atoms with Crippen molar-refractivity contribution >= 4 is 29.9 Å². The summed E-state index contributed by atoms with van der Waals surface area (Å²) >= 11 is 0. The van der Waals surface area contributed by atoms with Crippen molar-refractivity contribution in [2.24, 2.45) is 10.9 Å². The fourth-order valence-corrected chi connectivity index (χ4v) is 4.33. The molecule has 0 spiro atoms. The van der Waals surface area contributed by atoms with Crippen LogP contribution in [0, 0.1) is 5.92 Å². The van der Waals surface area contributed by atoms with Gasteiger partial charge in [0.2, 0.25) is 0 Å².